The molecule has 11 aromatic carbocycles. The molecule has 0 heterocycles. The molecule has 0 heteroatoms. The third-order valence-electron chi connectivity index (χ3n) is 13.0. The van der Waals surface area contributed by atoms with Crippen molar-refractivity contribution in [2.24, 2.45) is 0 Å². The molecule has 0 nitrogen and oxygen atoms in total. The summed E-state index contributed by atoms with van der Waals surface area (Å²) in [6.45, 7) is 0. The van der Waals surface area contributed by atoms with E-state index in [9.17, 15) is 0 Å². The van der Waals surface area contributed by atoms with Gasteiger partial charge in [-0.25, -0.2) is 0 Å². The molecule has 0 bridgehead atoms. The van der Waals surface area contributed by atoms with Crippen molar-refractivity contribution >= 4 is 53.9 Å². The first-order valence-corrected chi connectivity index (χ1v) is 19.3. The van der Waals surface area contributed by atoms with Crippen molar-refractivity contribution in [2.45, 2.75) is 5.41 Å². The van der Waals surface area contributed by atoms with Crippen LogP contribution in [0.3, 0.4) is 0 Å². The Kier molecular flexibility index (Phi) is 5.65. The first kappa shape index (κ1) is 29.4. The zero-order valence-corrected chi connectivity index (χ0v) is 30.0. The highest BCUT2D eigenvalue weighted by molar-refractivity contribution is 6.31. The predicted molar refractivity (Wildman–Crippen MR) is 232 cm³/mol. The fourth-order valence-electron chi connectivity index (χ4n) is 10.7. The Morgan fingerprint density at radius 1 is 0.273 bits per heavy atom. The third-order valence-corrected chi connectivity index (χ3v) is 13.0. The molecule has 11 aromatic rings. The van der Waals surface area contributed by atoms with E-state index >= 15 is 0 Å². The lowest BCUT2D eigenvalue weighted by atomic mass is 9.68. The Labute approximate surface area is 318 Å². The fourth-order valence-corrected chi connectivity index (χ4v) is 10.7. The number of hydrogen-bond donors (Lipinski definition) is 0. The van der Waals surface area contributed by atoms with Gasteiger partial charge in [-0.1, -0.05) is 170 Å². The molecule has 0 amide bonds. The minimum absolute atomic E-state index is 0.488. The Morgan fingerprint density at radius 2 is 0.818 bits per heavy atom. The predicted octanol–water partition coefficient (Wildman–Crippen LogP) is 14.6. The second-order valence-corrected chi connectivity index (χ2v) is 15.5. The maximum atomic E-state index is 2.53. The van der Waals surface area contributed by atoms with Crippen molar-refractivity contribution in [3.05, 3.63) is 216 Å². The number of rotatable bonds is 2. The van der Waals surface area contributed by atoms with Crippen LogP contribution >= 0.6 is 0 Å². The van der Waals surface area contributed by atoms with Crippen LogP contribution in [0.25, 0.3) is 98.4 Å². The van der Waals surface area contributed by atoms with E-state index in [2.05, 4.69) is 194 Å². The average molecular weight is 693 g/mol. The van der Waals surface area contributed by atoms with E-state index in [1.807, 2.05) is 0 Å². The van der Waals surface area contributed by atoms with E-state index < -0.39 is 5.41 Å². The van der Waals surface area contributed by atoms with Gasteiger partial charge >= 0.3 is 0 Å². The highest BCUT2D eigenvalue weighted by atomic mass is 14.5. The van der Waals surface area contributed by atoms with Crippen molar-refractivity contribution < 1.29 is 0 Å². The van der Waals surface area contributed by atoms with E-state index in [0.717, 1.165) is 0 Å². The van der Waals surface area contributed by atoms with E-state index in [0.29, 0.717) is 0 Å². The smallest absolute Gasteiger partial charge is 0.0619 e. The molecule has 0 aliphatic heterocycles. The second-order valence-electron chi connectivity index (χ2n) is 15.5. The van der Waals surface area contributed by atoms with Gasteiger partial charge in [-0.15, -0.1) is 0 Å². The van der Waals surface area contributed by atoms with Crippen LogP contribution in [0.1, 0.15) is 22.3 Å². The zero-order chi connectivity index (χ0) is 35.8. The average Bonchev–Trinajstić information content (AvgIpc) is 3.73. The van der Waals surface area contributed by atoms with Gasteiger partial charge in [-0.05, 0) is 145 Å². The summed E-state index contributed by atoms with van der Waals surface area (Å²) in [5, 5.41) is 13.1. The number of hydrogen-bond acceptors (Lipinski definition) is 0. The maximum absolute atomic E-state index is 2.53. The third kappa shape index (κ3) is 3.71. The molecule has 55 heavy (non-hydrogen) atoms. The Balaban J connectivity index is 1.19. The molecule has 0 aromatic heterocycles. The van der Waals surface area contributed by atoms with Gasteiger partial charge in [0.25, 0.3) is 0 Å². The van der Waals surface area contributed by atoms with Crippen LogP contribution in [0, 0.1) is 0 Å². The van der Waals surface area contributed by atoms with Crippen LogP contribution < -0.4 is 0 Å². The van der Waals surface area contributed by atoms with Gasteiger partial charge in [0.1, 0.15) is 0 Å². The Bertz CT molecular complexity index is 3390. The highest BCUT2D eigenvalue weighted by Crippen LogP contribution is 2.66. The van der Waals surface area contributed by atoms with Crippen molar-refractivity contribution in [3.63, 3.8) is 0 Å². The van der Waals surface area contributed by atoms with Gasteiger partial charge in [0, 0.05) is 0 Å². The normalized spacial score (nSPS) is 13.6. The van der Waals surface area contributed by atoms with Crippen molar-refractivity contribution in [1.82, 2.24) is 0 Å². The lowest BCUT2D eigenvalue weighted by molar-refractivity contribution is 0.802. The molecular weight excluding hydrogens is 661 g/mol. The summed E-state index contributed by atoms with van der Waals surface area (Å²) < 4.78 is 0. The SMILES string of the molecule is c1ccc2c(c1)-c1ccccc1C21c2cc(-c3ccc4ccccc4c3)ccc2-c2c1c1cccc3c(-c4ccc5ccccc5c4)cc4cccc2c4c31. The Morgan fingerprint density at radius 3 is 1.56 bits per heavy atom. The molecule has 252 valence electrons. The molecule has 0 fully saturated rings. The van der Waals surface area contributed by atoms with Crippen molar-refractivity contribution in [2.75, 3.05) is 0 Å². The molecule has 0 unspecified atom stereocenters. The van der Waals surface area contributed by atoms with Gasteiger partial charge in [0.2, 0.25) is 0 Å². The highest BCUT2D eigenvalue weighted by Gasteiger charge is 2.53. The first-order valence-electron chi connectivity index (χ1n) is 19.3. The summed E-state index contributed by atoms with van der Waals surface area (Å²) in [6.07, 6.45) is 0. The summed E-state index contributed by atoms with van der Waals surface area (Å²) in [7, 11) is 0. The van der Waals surface area contributed by atoms with Gasteiger partial charge in [0.05, 0.1) is 5.41 Å². The largest absolute Gasteiger partial charge is 0.0731 e. The van der Waals surface area contributed by atoms with E-state index in [1.54, 1.807) is 0 Å². The summed E-state index contributed by atoms with van der Waals surface area (Å²) in [5.74, 6) is 0. The molecule has 0 N–H and O–H groups in total. The van der Waals surface area contributed by atoms with Crippen LogP contribution in [-0.4, -0.2) is 0 Å². The molecule has 1 spiro atoms. The molecule has 2 aliphatic rings. The van der Waals surface area contributed by atoms with Crippen molar-refractivity contribution in [3.8, 4) is 44.5 Å². The fraction of sp³-hybridized carbons (Fsp3) is 0.0182. The molecule has 0 saturated carbocycles. The number of benzene rings is 11. The minimum Gasteiger partial charge on any atom is -0.0619 e. The van der Waals surface area contributed by atoms with Crippen LogP contribution in [0.4, 0.5) is 0 Å². The van der Waals surface area contributed by atoms with Gasteiger partial charge in [-0.3, -0.25) is 0 Å². The van der Waals surface area contributed by atoms with Crippen molar-refractivity contribution in [1.29, 1.82) is 0 Å². The summed E-state index contributed by atoms with van der Waals surface area (Å²) in [4.78, 5) is 0. The van der Waals surface area contributed by atoms with Gasteiger partial charge in [0.15, 0.2) is 0 Å². The minimum atomic E-state index is -0.488. The second kappa shape index (κ2) is 10.6. The molecule has 13 rings (SSSR count). The zero-order valence-electron chi connectivity index (χ0n) is 30.0. The lowest BCUT2D eigenvalue weighted by Gasteiger charge is -2.32. The molecule has 0 saturated heterocycles. The summed E-state index contributed by atoms with van der Waals surface area (Å²) in [6, 6.07) is 73.4. The monoisotopic (exact) mass is 692 g/mol. The molecule has 0 radical (unpaired) electrons. The quantitative estimate of drug-likeness (QED) is 0.158. The van der Waals surface area contributed by atoms with E-state index in [1.165, 1.54) is 121 Å². The van der Waals surface area contributed by atoms with Crippen LogP contribution in [0.15, 0.2) is 194 Å². The number of fused-ring (bicyclic) bond motifs is 14. The summed E-state index contributed by atoms with van der Waals surface area (Å²) >= 11 is 0. The molecular formula is C55H32. The topological polar surface area (TPSA) is 0 Å². The first-order chi connectivity index (χ1) is 27.3. The van der Waals surface area contributed by atoms with Crippen LogP contribution in [0.2, 0.25) is 0 Å². The molecule has 0 atom stereocenters. The summed E-state index contributed by atoms with van der Waals surface area (Å²) in [5.41, 5.74) is 15.4. The standard InChI is InChI=1S/C55H32/c1-3-13-35-29-37(25-23-33(35)11-1)38-27-28-44-50(32-38)55(48-21-7-5-16-41(48)42-17-6-8-22-49(42)55)54-46-20-10-18-43-47(39-26-24-34-12-2-4-14-36(34)30-39)31-40-15-9-19-45(53(44)54)51(40)52(43)46/h1-32H. The van der Waals surface area contributed by atoms with Crippen LogP contribution in [0.5, 0.6) is 0 Å². The molecule has 2 aliphatic carbocycles. The van der Waals surface area contributed by atoms with Gasteiger partial charge in [-0.2, -0.15) is 0 Å². The van der Waals surface area contributed by atoms with Gasteiger partial charge < -0.3 is 0 Å². The lowest BCUT2D eigenvalue weighted by Crippen LogP contribution is -2.26. The van der Waals surface area contributed by atoms with E-state index in [4.69, 9.17) is 0 Å². The van der Waals surface area contributed by atoms with Crippen LogP contribution in [-0.2, 0) is 5.41 Å². The Hall–Kier alpha value is -7.02. The van der Waals surface area contributed by atoms with E-state index in [-0.39, 0.29) is 0 Å². The maximum Gasteiger partial charge on any atom is 0.0731 e.